The first-order chi connectivity index (χ1) is 13.9. The molecule has 0 aliphatic carbocycles. The van der Waals surface area contributed by atoms with Crippen LogP contribution in [0.4, 0.5) is 5.69 Å². The zero-order valence-electron chi connectivity index (χ0n) is 16.8. The minimum Gasteiger partial charge on any atom is -0.494 e. The zero-order valence-corrected chi connectivity index (χ0v) is 17.6. The number of ether oxygens (including phenoxy) is 1. The second-order valence-electron chi connectivity index (χ2n) is 7.59. The van der Waals surface area contributed by atoms with Gasteiger partial charge in [0, 0.05) is 18.7 Å². The maximum Gasteiger partial charge on any atom is 0.254 e. The van der Waals surface area contributed by atoms with Gasteiger partial charge in [0.15, 0.2) is 0 Å². The Labute approximate surface area is 172 Å². The molecule has 0 bridgehead atoms. The monoisotopic (exact) mass is 414 g/mol. The first kappa shape index (κ1) is 19.8. The number of amides is 1. The van der Waals surface area contributed by atoms with Crippen LogP contribution in [0.2, 0.25) is 0 Å². The summed E-state index contributed by atoms with van der Waals surface area (Å²) in [6.07, 6.45) is 3.75. The summed E-state index contributed by atoms with van der Waals surface area (Å²) in [6.45, 7) is 3.74. The van der Waals surface area contributed by atoms with Crippen LogP contribution in [-0.2, 0) is 16.4 Å². The average Bonchev–Trinajstić information content (AvgIpc) is 3.34. The van der Waals surface area contributed by atoms with Gasteiger partial charge in [-0.15, -0.1) is 0 Å². The number of hydrogen-bond donors (Lipinski definition) is 0. The van der Waals surface area contributed by atoms with Crippen molar-refractivity contribution in [3.63, 3.8) is 0 Å². The van der Waals surface area contributed by atoms with Gasteiger partial charge in [0.1, 0.15) is 5.75 Å². The molecule has 0 unspecified atom stereocenters. The standard InChI is InChI=1S/C22H26N2O4S/c1-3-28-19-9-6-16(7-10-19)20-5-4-13-23(20)22(25)18-8-11-21-17(15-18)12-14-24(21)29(2,26)27/h6-11,15,20H,3-5,12-14H2,1-2H3/t20-/m1/s1. The summed E-state index contributed by atoms with van der Waals surface area (Å²) in [5.74, 6) is 0.836. The van der Waals surface area contributed by atoms with Crippen molar-refractivity contribution in [2.45, 2.75) is 32.2 Å². The molecule has 0 aromatic heterocycles. The normalized spacial score (nSPS) is 18.8. The number of rotatable bonds is 5. The van der Waals surface area contributed by atoms with Gasteiger partial charge >= 0.3 is 0 Å². The van der Waals surface area contributed by atoms with E-state index >= 15 is 0 Å². The fraction of sp³-hybridized carbons (Fsp3) is 0.409. The Morgan fingerprint density at radius 3 is 2.59 bits per heavy atom. The molecule has 1 fully saturated rings. The van der Waals surface area contributed by atoms with Gasteiger partial charge in [0.25, 0.3) is 5.91 Å². The summed E-state index contributed by atoms with van der Waals surface area (Å²) in [5.41, 5.74) is 3.34. The van der Waals surface area contributed by atoms with E-state index in [2.05, 4.69) is 0 Å². The number of likely N-dealkylation sites (tertiary alicyclic amines) is 1. The van der Waals surface area contributed by atoms with Gasteiger partial charge < -0.3 is 9.64 Å². The van der Waals surface area contributed by atoms with Gasteiger partial charge in [-0.2, -0.15) is 0 Å². The molecule has 2 aromatic carbocycles. The van der Waals surface area contributed by atoms with Gasteiger partial charge in [0.2, 0.25) is 10.0 Å². The molecule has 2 aliphatic rings. The van der Waals surface area contributed by atoms with E-state index in [0.29, 0.717) is 30.8 Å². The van der Waals surface area contributed by atoms with E-state index < -0.39 is 10.0 Å². The van der Waals surface area contributed by atoms with Crippen LogP contribution in [0.1, 0.15) is 47.3 Å². The van der Waals surface area contributed by atoms with Crippen molar-refractivity contribution >= 4 is 21.6 Å². The van der Waals surface area contributed by atoms with Gasteiger partial charge in [-0.05, 0) is 67.6 Å². The van der Waals surface area contributed by atoms with Crippen LogP contribution < -0.4 is 9.04 Å². The average molecular weight is 415 g/mol. The Kier molecular flexibility index (Phi) is 5.25. The molecular weight excluding hydrogens is 388 g/mol. The van der Waals surface area contributed by atoms with Crippen LogP contribution >= 0.6 is 0 Å². The minimum atomic E-state index is -3.29. The van der Waals surface area contributed by atoms with E-state index in [1.807, 2.05) is 42.2 Å². The summed E-state index contributed by atoms with van der Waals surface area (Å²) in [6, 6.07) is 13.4. The number of fused-ring (bicyclic) bond motifs is 1. The second-order valence-corrected chi connectivity index (χ2v) is 9.49. The Morgan fingerprint density at radius 1 is 1.14 bits per heavy atom. The molecule has 2 heterocycles. The SMILES string of the molecule is CCOc1ccc([C@H]2CCCN2C(=O)c2ccc3c(c2)CCN3S(C)(=O)=O)cc1. The number of carbonyl (C=O) groups is 1. The van der Waals surface area contributed by atoms with Crippen molar-refractivity contribution in [2.75, 3.05) is 30.3 Å². The Morgan fingerprint density at radius 2 is 1.90 bits per heavy atom. The highest BCUT2D eigenvalue weighted by Crippen LogP contribution is 2.36. The maximum absolute atomic E-state index is 13.2. The van der Waals surface area contributed by atoms with E-state index in [1.165, 1.54) is 10.6 Å². The predicted octanol–water partition coefficient (Wildman–Crippen LogP) is 3.38. The molecule has 2 aromatic rings. The van der Waals surface area contributed by atoms with Gasteiger partial charge in [-0.25, -0.2) is 8.42 Å². The van der Waals surface area contributed by atoms with E-state index in [-0.39, 0.29) is 11.9 Å². The molecule has 154 valence electrons. The van der Waals surface area contributed by atoms with Crippen molar-refractivity contribution in [3.05, 3.63) is 59.2 Å². The first-order valence-corrected chi connectivity index (χ1v) is 11.9. The highest BCUT2D eigenvalue weighted by molar-refractivity contribution is 7.92. The smallest absolute Gasteiger partial charge is 0.254 e. The first-order valence-electron chi connectivity index (χ1n) is 10.0. The number of hydrogen-bond acceptors (Lipinski definition) is 4. The maximum atomic E-state index is 13.2. The van der Waals surface area contributed by atoms with Crippen molar-refractivity contribution in [1.29, 1.82) is 0 Å². The third-order valence-electron chi connectivity index (χ3n) is 5.67. The number of sulfonamides is 1. The second kappa shape index (κ2) is 7.71. The number of benzene rings is 2. The van der Waals surface area contributed by atoms with Crippen LogP contribution in [0.3, 0.4) is 0 Å². The van der Waals surface area contributed by atoms with Crippen LogP contribution in [0, 0.1) is 0 Å². The van der Waals surface area contributed by atoms with E-state index in [0.717, 1.165) is 36.3 Å². The van der Waals surface area contributed by atoms with Gasteiger partial charge in [-0.3, -0.25) is 9.10 Å². The third kappa shape index (κ3) is 3.83. The number of anilines is 1. The van der Waals surface area contributed by atoms with Crippen LogP contribution in [0.5, 0.6) is 5.75 Å². The lowest BCUT2D eigenvalue weighted by Crippen LogP contribution is -2.30. The molecule has 0 spiro atoms. The summed E-state index contributed by atoms with van der Waals surface area (Å²) in [7, 11) is -3.29. The molecular formula is C22H26N2O4S. The molecule has 0 saturated carbocycles. The molecule has 2 aliphatic heterocycles. The summed E-state index contributed by atoms with van der Waals surface area (Å²) < 4.78 is 30.8. The van der Waals surface area contributed by atoms with Crippen LogP contribution in [-0.4, -0.2) is 45.2 Å². The lowest BCUT2D eigenvalue weighted by atomic mass is 10.0. The predicted molar refractivity (Wildman–Crippen MR) is 113 cm³/mol. The number of nitrogens with zero attached hydrogens (tertiary/aromatic N) is 2. The van der Waals surface area contributed by atoms with Crippen molar-refractivity contribution in [3.8, 4) is 5.75 Å². The molecule has 1 atom stereocenters. The molecule has 6 nitrogen and oxygen atoms in total. The highest BCUT2D eigenvalue weighted by Gasteiger charge is 2.32. The molecule has 0 N–H and O–H groups in total. The Bertz CT molecular complexity index is 1020. The zero-order chi connectivity index (χ0) is 20.6. The molecule has 7 heteroatoms. The molecule has 0 radical (unpaired) electrons. The van der Waals surface area contributed by atoms with Crippen molar-refractivity contribution in [1.82, 2.24) is 4.90 Å². The van der Waals surface area contributed by atoms with E-state index in [1.54, 1.807) is 12.1 Å². The van der Waals surface area contributed by atoms with Crippen LogP contribution in [0.25, 0.3) is 0 Å². The Hall–Kier alpha value is -2.54. The lowest BCUT2D eigenvalue weighted by Gasteiger charge is -2.26. The Balaban J connectivity index is 1.56. The summed E-state index contributed by atoms with van der Waals surface area (Å²) >= 11 is 0. The lowest BCUT2D eigenvalue weighted by molar-refractivity contribution is 0.0735. The molecule has 1 amide bonds. The fourth-order valence-corrected chi connectivity index (χ4v) is 5.28. The minimum absolute atomic E-state index is 0.00184. The topological polar surface area (TPSA) is 66.9 Å². The largest absolute Gasteiger partial charge is 0.494 e. The van der Waals surface area contributed by atoms with Gasteiger partial charge in [-0.1, -0.05) is 12.1 Å². The highest BCUT2D eigenvalue weighted by atomic mass is 32.2. The summed E-state index contributed by atoms with van der Waals surface area (Å²) in [4.78, 5) is 15.2. The fourth-order valence-electron chi connectivity index (χ4n) is 4.32. The summed E-state index contributed by atoms with van der Waals surface area (Å²) in [5, 5.41) is 0. The van der Waals surface area contributed by atoms with E-state index in [9.17, 15) is 13.2 Å². The number of carbonyl (C=O) groups excluding carboxylic acids is 1. The molecule has 4 rings (SSSR count). The van der Waals surface area contributed by atoms with Gasteiger partial charge in [0.05, 0.1) is 24.6 Å². The van der Waals surface area contributed by atoms with Crippen molar-refractivity contribution in [2.24, 2.45) is 0 Å². The molecule has 29 heavy (non-hydrogen) atoms. The van der Waals surface area contributed by atoms with Crippen molar-refractivity contribution < 1.29 is 17.9 Å². The van der Waals surface area contributed by atoms with E-state index in [4.69, 9.17) is 4.74 Å². The third-order valence-corrected chi connectivity index (χ3v) is 6.85. The van der Waals surface area contributed by atoms with Crippen LogP contribution in [0.15, 0.2) is 42.5 Å². The molecule has 1 saturated heterocycles. The quantitative estimate of drug-likeness (QED) is 0.752.